The van der Waals surface area contributed by atoms with Gasteiger partial charge in [0.25, 0.3) is 0 Å². The van der Waals surface area contributed by atoms with Crippen LogP contribution >= 0.6 is 0 Å². The van der Waals surface area contributed by atoms with E-state index in [1.807, 2.05) is 0 Å². The van der Waals surface area contributed by atoms with E-state index in [4.69, 9.17) is 0 Å². The van der Waals surface area contributed by atoms with Gasteiger partial charge in [0, 0.05) is 0 Å². The van der Waals surface area contributed by atoms with Crippen LogP contribution in [-0.4, -0.2) is 39.1 Å². The highest BCUT2D eigenvalue weighted by Gasteiger charge is 2.26. The lowest BCUT2D eigenvalue weighted by atomic mass is 10.6. The standard InChI is InChI=1S/2C3H7F.2C2H2F4.5CH4/c2*1-2-3-4;2*3-1-2(4,5)6;;;;;/h2*2-3H2,1H3;2*1H2;5*1H4. The zero-order valence-corrected chi connectivity index (χ0v) is 11.0. The van der Waals surface area contributed by atoms with E-state index in [2.05, 4.69) is 0 Å². The Balaban J connectivity index is -0.0000000186. The van der Waals surface area contributed by atoms with Crippen LogP contribution < -0.4 is 0 Å². The monoisotopic (exact) mass is 408 g/mol. The van der Waals surface area contributed by atoms with Crippen LogP contribution in [-0.2, 0) is 0 Å². The van der Waals surface area contributed by atoms with E-state index >= 15 is 0 Å². The van der Waals surface area contributed by atoms with Crippen LogP contribution in [0.4, 0.5) is 43.9 Å². The zero-order chi connectivity index (χ0) is 17.2. The van der Waals surface area contributed by atoms with E-state index in [1.165, 1.54) is 0 Å². The minimum absolute atomic E-state index is 0. The topological polar surface area (TPSA) is 0 Å². The first kappa shape index (κ1) is 56.4. The number of rotatable bonds is 2. The fourth-order valence-corrected chi connectivity index (χ4v) is 0. The molecule has 0 aliphatic rings. The van der Waals surface area contributed by atoms with Crippen molar-refractivity contribution < 1.29 is 43.9 Å². The van der Waals surface area contributed by atoms with E-state index in [-0.39, 0.29) is 50.5 Å². The van der Waals surface area contributed by atoms with Crippen molar-refractivity contribution in [2.45, 2.75) is 76.2 Å². The second-order valence-electron chi connectivity index (χ2n) is 2.88. The van der Waals surface area contributed by atoms with Crippen LogP contribution in [0.15, 0.2) is 0 Å². The van der Waals surface area contributed by atoms with Gasteiger partial charge in [-0.2, -0.15) is 26.3 Å². The molecule has 0 bridgehead atoms. The zero-order valence-electron chi connectivity index (χ0n) is 11.0. The Labute approximate surface area is 148 Å². The van der Waals surface area contributed by atoms with E-state index in [9.17, 15) is 43.9 Å². The predicted molar refractivity (Wildman–Crippen MR) is 90.2 cm³/mol. The molecule has 25 heavy (non-hydrogen) atoms. The van der Waals surface area contributed by atoms with Gasteiger partial charge in [-0.3, -0.25) is 8.78 Å². The minimum atomic E-state index is -4.62. The number of halogens is 10. The SMILES string of the molecule is C.C.C.C.C.CCCF.CCCF.FCC(F)(F)F.FCC(F)(F)F. The smallest absolute Gasteiger partial charge is 0.251 e. The highest BCUT2D eigenvalue weighted by molar-refractivity contribution is 4.40. The maximum Gasteiger partial charge on any atom is 0.416 e. The van der Waals surface area contributed by atoms with Crippen molar-refractivity contribution in [3.05, 3.63) is 0 Å². The molecule has 0 N–H and O–H groups in total. The number of hydrogen-bond donors (Lipinski definition) is 0. The Morgan fingerprint density at radius 1 is 0.480 bits per heavy atom. The molecule has 10 heteroatoms. The third kappa shape index (κ3) is 198. The quantitative estimate of drug-likeness (QED) is 0.400. The van der Waals surface area contributed by atoms with E-state index in [1.54, 1.807) is 13.8 Å². The summed E-state index contributed by atoms with van der Waals surface area (Å²) in [4.78, 5) is 0. The highest BCUT2D eigenvalue weighted by Crippen LogP contribution is 2.13. The summed E-state index contributed by atoms with van der Waals surface area (Å²) in [5.41, 5.74) is 0. The summed E-state index contributed by atoms with van der Waals surface area (Å²) in [7, 11) is 0. The van der Waals surface area contributed by atoms with E-state index < -0.39 is 25.7 Å². The van der Waals surface area contributed by atoms with Crippen molar-refractivity contribution in [2.75, 3.05) is 26.7 Å². The average molecular weight is 408 g/mol. The van der Waals surface area contributed by atoms with Gasteiger partial charge in [-0.05, 0) is 12.8 Å². The molecular formula is C15H38F10. The summed E-state index contributed by atoms with van der Waals surface area (Å²) in [6.45, 7) is -1.21. The molecule has 0 saturated carbocycles. The summed E-state index contributed by atoms with van der Waals surface area (Å²) in [6, 6.07) is 0. The van der Waals surface area contributed by atoms with Crippen molar-refractivity contribution in [3.8, 4) is 0 Å². The van der Waals surface area contributed by atoms with Gasteiger partial charge in [0.1, 0.15) is 0 Å². The van der Waals surface area contributed by atoms with Crippen LogP contribution in [0.1, 0.15) is 63.8 Å². The van der Waals surface area contributed by atoms with E-state index in [0.717, 1.165) is 0 Å². The molecule has 168 valence electrons. The molecule has 0 aliphatic heterocycles. The molecule has 0 radical (unpaired) electrons. The molecule has 0 heterocycles. The van der Waals surface area contributed by atoms with E-state index in [0.29, 0.717) is 12.8 Å². The first-order valence-electron chi connectivity index (χ1n) is 5.32. The summed E-state index contributed by atoms with van der Waals surface area (Å²) in [5, 5.41) is 0. The minimum Gasteiger partial charge on any atom is -0.251 e. The van der Waals surface area contributed by atoms with Gasteiger partial charge in [-0.1, -0.05) is 51.0 Å². The van der Waals surface area contributed by atoms with Gasteiger partial charge in [0.2, 0.25) is 0 Å². The first-order valence-corrected chi connectivity index (χ1v) is 5.32. The molecule has 0 aromatic heterocycles. The predicted octanol–water partition coefficient (Wildman–Crippen LogP) is 8.95. The maximum atomic E-state index is 10.7. The average Bonchev–Trinajstić information content (AvgIpc) is 2.38. The van der Waals surface area contributed by atoms with Crippen molar-refractivity contribution in [1.29, 1.82) is 0 Å². The molecule has 0 saturated heterocycles. The van der Waals surface area contributed by atoms with Gasteiger partial charge in [-0.15, -0.1) is 0 Å². The molecule has 0 aromatic carbocycles. The largest absolute Gasteiger partial charge is 0.416 e. The Morgan fingerprint density at radius 3 is 0.560 bits per heavy atom. The fourth-order valence-electron chi connectivity index (χ4n) is 0. The van der Waals surface area contributed by atoms with Gasteiger partial charge in [0.15, 0.2) is 13.3 Å². The molecule has 0 atom stereocenters. The van der Waals surface area contributed by atoms with Gasteiger partial charge < -0.3 is 0 Å². The third-order valence-electron chi connectivity index (χ3n) is 0.681. The third-order valence-corrected chi connectivity index (χ3v) is 0.681. The molecule has 0 unspecified atom stereocenters. The van der Waals surface area contributed by atoms with Crippen LogP contribution in [0.25, 0.3) is 0 Å². The lowest BCUT2D eigenvalue weighted by molar-refractivity contribution is -0.142. The van der Waals surface area contributed by atoms with Crippen LogP contribution in [0, 0.1) is 0 Å². The summed E-state index contributed by atoms with van der Waals surface area (Å²) < 4.78 is 105. The van der Waals surface area contributed by atoms with Crippen molar-refractivity contribution in [2.24, 2.45) is 0 Å². The Morgan fingerprint density at radius 2 is 0.560 bits per heavy atom. The molecular weight excluding hydrogens is 370 g/mol. The summed E-state index contributed by atoms with van der Waals surface area (Å²) in [6.07, 6.45) is -7.94. The second kappa shape index (κ2) is 38.7. The van der Waals surface area contributed by atoms with Crippen molar-refractivity contribution in [3.63, 3.8) is 0 Å². The number of alkyl halides is 10. The number of hydrogen-bond acceptors (Lipinski definition) is 0. The van der Waals surface area contributed by atoms with Crippen LogP contribution in [0.5, 0.6) is 0 Å². The first-order chi connectivity index (χ1) is 8.95. The lowest BCUT2D eigenvalue weighted by Crippen LogP contribution is -2.08. The normalized spacial score (nSPS) is 8.16. The Kier molecular flexibility index (Phi) is 87.3. The van der Waals surface area contributed by atoms with Crippen molar-refractivity contribution in [1.82, 2.24) is 0 Å². The Hall–Kier alpha value is -0.700. The molecule has 0 rings (SSSR count). The van der Waals surface area contributed by atoms with Gasteiger partial charge in [-0.25, -0.2) is 8.78 Å². The fraction of sp³-hybridized carbons (Fsp3) is 1.00. The van der Waals surface area contributed by atoms with Gasteiger partial charge >= 0.3 is 12.4 Å². The summed E-state index contributed by atoms with van der Waals surface area (Å²) >= 11 is 0. The maximum absolute atomic E-state index is 10.7. The summed E-state index contributed by atoms with van der Waals surface area (Å²) in [5.74, 6) is 0. The molecule has 0 fully saturated rings. The van der Waals surface area contributed by atoms with Gasteiger partial charge in [0.05, 0.1) is 13.3 Å². The second-order valence-corrected chi connectivity index (χ2v) is 2.88. The van der Waals surface area contributed by atoms with Crippen LogP contribution in [0.3, 0.4) is 0 Å². The molecule has 0 aromatic rings. The molecule has 0 amide bonds. The highest BCUT2D eigenvalue weighted by atomic mass is 19.4. The van der Waals surface area contributed by atoms with Crippen LogP contribution in [0.2, 0.25) is 0 Å². The molecule has 0 aliphatic carbocycles. The van der Waals surface area contributed by atoms with Crippen molar-refractivity contribution >= 4 is 0 Å². The Bertz CT molecular complexity index is 133. The lowest BCUT2D eigenvalue weighted by Gasteiger charge is -1.93. The molecule has 0 nitrogen and oxygen atoms in total. The molecule has 0 spiro atoms.